The molecule has 1 unspecified atom stereocenters. The third-order valence-corrected chi connectivity index (χ3v) is 4.77. The van der Waals surface area contributed by atoms with E-state index in [2.05, 4.69) is 15.0 Å². The van der Waals surface area contributed by atoms with Crippen molar-refractivity contribution in [1.29, 1.82) is 0 Å². The molecular weight excluding hydrogens is 333 g/mol. The molecular formula is C19H22FN5O. The van der Waals surface area contributed by atoms with E-state index < -0.39 is 5.67 Å². The molecule has 0 amide bonds. The molecule has 0 N–H and O–H groups in total. The molecule has 0 aliphatic carbocycles. The zero-order chi connectivity index (χ0) is 18.3. The molecule has 1 atom stereocenters. The van der Waals surface area contributed by atoms with Crippen LogP contribution in [0.3, 0.4) is 0 Å². The maximum Gasteiger partial charge on any atom is 0.222 e. The Morgan fingerprint density at radius 3 is 2.96 bits per heavy atom. The van der Waals surface area contributed by atoms with E-state index in [1.807, 2.05) is 32.2 Å². The smallest absolute Gasteiger partial charge is 0.222 e. The lowest BCUT2D eigenvalue weighted by Crippen LogP contribution is -2.26. The van der Waals surface area contributed by atoms with E-state index in [0.717, 1.165) is 28.0 Å². The summed E-state index contributed by atoms with van der Waals surface area (Å²) in [4.78, 5) is 11.2. The Kier molecular flexibility index (Phi) is 4.01. The van der Waals surface area contributed by atoms with Gasteiger partial charge in [0.25, 0.3) is 0 Å². The summed E-state index contributed by atoms with van der Waals surface area (Å²) in [7, 11) is 1.88. The van der Waals surface area contributed by atoms with Crippen molar-refractivity contribution >= 4 is 16.7 Å². The van der Waals surface area contributed by atoms with Crippen LogP contribution in [0.2, 0.25) is 0 Å². The Labute approximate surface area is 151 Å². The van der Waals surface area contributed by atoms with E-state index in [0.29, 0.717) is 32.0 Å². The van der Waals surface area contributed by atoms with Gasteiger partial charge in [-0.1, -0.05) is 0 Å². The number of nitrogens with zero attached hydrogens (tertiary/aromatic N) is 5. The Balaban J connectivity index is 1.88. The molecule has 4 rings (SSSR count). The SMILES string of the molecule is CCOc1ncccc1-c1cc(N2CCC(C)(F)C2)c2c(cnn2C)n1. The highest BCUT2D eigenvalue weighted by Crippen LogP contribution is 2.37. The first kappa shape index (κ1) is 16.8. The zero-order valence-corrected chi connectivity index (χ0v) is 15.2. The van der Waals surface area contributed by atoms with Crippen molar-refractivity contribution < 1.29 is 9.13 Å². The van der Waals surface area contributed by atoms with Gasteiger partial charge in [0.2, 0.25) is 5.88 Å². The van der Waals surface area contributed by atoms with Crippen LogP contribution in [-0.2, 0) is 7.05 Å². The Morgan fingerprint density at radius 1 is 1.38 bits per heavy atom. The van der Waals surface area contributed by atoms with Crippen molar-refractivity contribution in [2.45, 2.75) is 25.9 Å². The molecule has 3 aromatic rings. The van der Waals surface area contributed by atoms with Crippen molar-refractivity contribution in [3.63, 3.8) is 0 Å². The van der Waals surface area contributed by atoms with Gasteiger partial charge in [0.1, 0.15) is 16.7 Å². The van der Waals surface area contributed by atoms with Crippen LogP contribution in [0, 0.1) is 0 Å². The highest BCUT2D eigenvalue weighted by atomic mass is 19.1. The first-order valence-electron chi connectivity index (χ1n) is 8.83. The van der Waals surface area contributed by atoms with Gasteiger partial charge in [-0.3, -0.25) is 4.68 Å². The third-order valence-electron chi connectivity index (χ3n) is 4.77. The van der Waals surface area contributed by atoms with Crippen LogP contribution in [-0.4, -0.2) is 45.1 Å². The molecule has 26 heavy (non-hydrogen) atoms. The van der Waals surface area contributed by atoms with Crippen LogP contribution >= 0.6 is 0 Å². The Bertz CT molecular complexity index is 952. The summed E-state index contributed by atoms with van der Waals surface area (Å²) >= 11 is 0. The number of aryl methyl sites for hydroxylation is 1. The fourth-order valence-electron chi connectivity index (χ4n) is 3.51. The normalized spacial score (nSPS) is 20.1. The highest BCUT2D eigenvalue weighted by Gasteiger charge is 2.35. The first-order valence-corrected chi connectivity index (χ1v) is 8.83. The second-order valence-electron chi connectivity index (χ2n) is 6.90. The summed E-state index contributed by atoms with van der Waals surface area (Å²) in [6.07, 6.45) is 3.96. The second kappa shape index (κ2) is 6.23. The minimum absolute atomic E-state index is 0.363. The largest absolute Gasteiger partial charge is 0.477 e. The van der Waals surface area contributed by atoms with E-state index in [4.69, 9.17) is 9.72 Å². The lowest BCUT2D eigenvalue weighted by molar-refractivity contribution is 0.221. The fraction of sp³-hybridized carbons (Fsp3) is 0.421. The predicted octanol–water partition coefficient (Wildman–Crippen LogP) is 3.37. The number of hydrogen-bond donors (Lipinski definition) is 0. The zero-order valence-electron chi connectivity index (χ0n) is 15.2. The molecule has 3 aromatic heterocycles. The van der Waals surface area contributed by atoms with E-state index >= 15 is 0 Å². The van der Waals surface area contributed by atoms with E-state index in [1.165, 1.54) is 0 Å². The molecule has 0 spiro atoms. The molecule has 136 valence electrons. The third kappa shape index (κ3) is 2.87. The maximum atomic E-state index is 14.5. The minimum Gasteiger partial charge on any atom is -0.477 e. The number of hydrogen-bond acceptors (Lipinski definition) is 5. The van der Waals surface area contributed by atoms with Gasteiger partial charge >= 0.3 is 0 Å². The molecule has 4 heterocycles. The van der Waals surface area contributed by atoms with Gasteiger partial charge in [0.05, 0.1) is 36.3 Å². The van der Waals surface area contributed by atoms with Gasteiger partial charge in [-0.25, -0.2) is 14.4 Å². The van der Waals surface area contributed by atoms with Crippen molar-refractivity contribution in [1.82, 2.24) is 19.7 Å². The lowest BCUT2D eigenvalue weighted by atomic mass is 10.1. The summed E-state index contributed by atoms with van der Waals surface area (Å²) in [6, 6.07) is 5.79. The number of fused-ring (bicyclic) bond motifs is 1. The van der Waals surface area contributed by atoms with Gasteiger partial charge < -0.3 is 9.64 Å². The van der Waals surface area contributed by atoms with Crippen LogP contribution in [0.15, 0.2) is 30.6 Å². The molecule has 0 bridgehead atoms. The van der Waals surface area contributed by atoms with Gasteiger partial charge in [0.15, 0.2) is 0 Å². The molecule has 0 radical (unpaired) electrons. The molecule has 0 saturated carbocycles. The quantitative estimate of drug-likeness (QED) is 0.718. The summed E-state index contributed by atoms with van der Waals surface area (Å²) in [5.41, 5.74) is 3.02. The molecule has 1 saturated heterocycles. The number of anilines is 1. The Hall–Kier alpha value is -2.70. The van der Waals surface area contributed by atoms with Crippen molar-refractivity contribution in [2.75, 3.05) is 24.6 Å². The Morgan fingerprint density at radius 2 is 2.23 bits per heavy atom. The van der Waals surface area contributed by atoms with Crippen LogP contribution in [0.4, 0.5) is 10.1 Å². The van der Waals surface area contributed by atoms with Gasteiger partial charge in [-0.15, -0.1) is 0 Å². The van der Waals surface area contributed by atoms with Gasteiger partial charge in [-0.05, 0) is 32.0 Å². The number of aromatic nitrogens is 4. The van der Waals surface area contributed by atoms with Crippen LogP contribution in [0.5, 0.6) is 5.88 Å². The predicted molar refractivity (Wildman–Crippen MR) is 99.3 cm³/mol. The monoisotopic (exact) mass is 355 g/mol. The number of alkyl halides is 1. The molecule has 1 fully saturated rings. The molecule has 0 aromatic carbocycles. The van der Waals surface area contributed by atoms with Crippen molar-refractivity contribution in [2.24, 2.45) is 7.05 Å². The summed E-state index contributed by atoms with van der Waals surface area (Å²) < 4.78 is 21.9. The highest BCUT2D eigenvalue weighted by molar-refractivity contribution is 5.92. The number of halogens is 1. The van der Waals surface area contributed by atoms with E-state index in [9.17, 15) is 4.39 Å². The van der Waals surface area contributed by atoms with E-state index in [1.54, 1.807) is 24.0 Å². The summed E-state index contributed by atoms with van der Waals surface area (Å²) in [5, 5.41) is 4.34. The van der Waals surface area contributed by atoms with Crippen LogP contribution < -0.4 is 9.64 Å². The van der Waals surface area contributed by atoms with Gasteiger partial charge in [0, 0.05) is 26.2 Å². The summed E-state index contributed by atoms with van der Waals surface area (Å²) in [6.45, 7) is 5.14. The molecule has 1 aliphatic rings. The standard InChI is InChI=1S/C19H22FN5O/c1-4-26-18-13(6-5-8-21-18)14-10-16(25-9-7-19(2,20)12-25)17-15(23-14)11-22-24(17)3/h5-6,8,10-11H,4,7,9,12H2,1-3H3. The number of rotatable bonds is 4. The van der Waals surface area contributed by atoms with Crippen LogP contribution in [0.1, 0.15) is 20.3 Å². The summed E-state index contributed by atoms with van der Waals surface area (Å²) in [5.74, 6) is 0.549. The van der Waals surface area contributed by atoms with Crippen molar-refractivity contribution in [3.8, 4) is 17.1 Å². The van der Waals surface area contributed by atoms with Gasteiger partial charge in [-0.2, -0.15) is 5.10 Å². The first-order chi connectivity index (χ1) is 12.5. The molecule has 7 heteroatoms. The number of ether oxygens (including phenoxy) is 1. The molecule has 6 nitrogen and oxygen atoms in total. The second-order valence-corrected chi connectivity index (χ2v) is 6.90. The average molecular weight is 355 g/mol. The maximum absolute atomic E-state index is 14.5. The number of pyridine rings is 2. The van der Waals surface area contributed by atoms with Crippen LogP contribution in [0.25, 0.3) is 22.3 Å². The lowest BCUT2D eigenvalue weighted by Gasteiger charge is -2.22. The molecule has 1 aliphatic heterocycles. The van der Waals surface area contributed by atoms with Crippen molar-refractivity contribution in [3.05, 3.63) is 30.6 Å². The minimum atomic E-state index is -1.18. The average Bonchev–Trinajstić information content (AvgIpc) is 3.17. The van der Waals surface area contributed by atoms with E-state index in [-0.39, 0.29) is 0 Å². The topological polar surface area (TPSA) is 56.1 Å². The fourth-order valence-corrected chi connectivity index (χ4v) is 3.51.